The molecule has 1 rings (SSSR count). The lowest BCUT2D eigenvalue weighted by Gasteiger charge is -1.89. The summed E-state index contributed by atoms with van der Waals surface area (Å²) in [4.78, 5) is 0. The lowest BCUT2D eigenvalue weighted by Crippen LogP contribution is -3.00. The summed E-state index contributed by atoms with van der Waals surface area (Å²) in [6.07, 6.45) is 0. The van der Waals surface area contributed by atoms with Crippen molar-refractivity contribution in [3.05, 3.63) is 34.9 Å². The Kier molecular flexibility index (Phi) is 6.20. The molecule has 0 amide bonds. The summed E-state index contributed by atoms with van der Waals surface area (Å²) >= 11 is 7.13. The summed E-state index contributed by atoms with van der Waals surface area (Å²) in [5.41, 5.74) is 11.8. The molecule has 13 heavy (non-hydrogen) atoms. The molecule has 0 heterocycles. The fourth-order valence-corrected chi connectivity index (χ4v) is 1.40. The van der Waals surface area contributed by atoms with E-state index in [2.05, 4.69) is 0 Å². The van der Waals surface area contributed by atoms with E-state index in [-0.39, 0.29) is 12.4 Å². The summed E-state index contributed by atoms with van der Waals surface area (Å²) in [6.45, 7) is 0. The molecule has 0 aliphatic carbocycles. The second kappa shape index (κ2) is 6.29. The molecule has 0 unspecified atom stereocenters. The van der Waals surface area contributed by atoms with Crippen molar-refractivity contribution in [2.24, 2.45) is 11.5 Å². The SMILES string of the molecule is NC(N)=[S+]Cc1ccc(Cl)cc1.[Cl-]. The third kappa shape index (κ3) is 5.18. The van der Waals surface area contributed by atoms with Crippen LogP contribution in [0.15, 0.2) is 24.3 Å². The lowest BCUT2D eigenvalue weighted by atomic mass is 10.2. The van der Waals surface area contributed by atoms with Gasteiger partial charge in [0.2, 0.25) is 17.1 Å². The summed E-state index contributed by atoms with van der Waals surface area (Å²) < 4.78 is 0. The van der Waals surface area contributed by atoms with Gasteiger partial charge in [-0.2, -0.15) is 0 Å². The normalized spacial score (nSPS) is 8.85. The van der Waals surface area contributed by atoms with Crippen molar-refractivity contribution in [3.8, 4) is 0 Å². The minimum Gasteiger partial charge on any atom is -1.00 e. The second-order valence-electron chi connectivity index (χ2n) is 2.32. The van der Waals surface area contributed by atoms with Crippen LogP contribution in [0.4, 0.5) is 0 Å². The van der Waals surface area contributed by atoms with E-state index < -0.39 is 0 Å². The van der Waals surface area contributed by atoms with E-state index in [4.69, 9.17) is 23.1 Å². The molecule has 0 saturated heterocycles. The number of benzene rings is 1. The topological polar surface area (TPSA) is 52.0 Å². The zero-order valence-corrected chi connectivity index (χ0v) is 9.16. The third-order valence-corrected chi connectivity index (χ3v) is 2.38. The minimum atomic E-state index is 0. The molecule has 0 aliphatic heterocycles. The zero-order chi connectivity index (χ0) is 8.97. The van der Waals surface area contributed by atoms with E-state index >= 15 is 0 Å². The number of rotatable bonds is 2. The van der Waals surface area contributed by atoms with E-state index in [1.54, 1.807) is 0 Å². The Morgan fingerprint density at radius 1 is 1.23 bits per heavy atom. The summed E-state index contributed by atoms with van der Waals surface area (Å²) in [7, 11) is 0. The highest BCUT2D eigenvalue weighted by molar-refractivity contribution is 7.77. The predicted molar refractivity (Wildman–Crippen MR) is 55.9 cm³/mol. The van der Waals surface area contributed by atoms with Crippen LogP contribution in [0, 0.1) is 0 Å². The van der Waals surface area contributed by atoms with Gasteiger partial charge in [-0.25, -0.2) is 11.5 Å². The Bertz CT molecular complexity index is 281. The van der Waals surface area contributed by atoms with E-state index in [1.165, 1.54) is 11.4 Å². The van der Waals surface area contributed by atoms with Gasteiger partial charge in [0.1, 0.15) is 0 Å². The number of nitrogens with two attached hydrogens (primary N) is 2. The fourth-order valence-electron chi connectivity index (χ4n) is 0.747. The van der Waals surface area contributed by atoms with Crippen LogP contribution in [0.5, 0.6) is 0 Å². The quantitative estimate of drug-likeness (QED) is 0.458. The molecule has 1 aromatic rings. The summed E-state index contributed by atoms with van der Waals surface area (Å²) in [5.74, 6) is 0.791. The zero-order valence-electron chi connectivity index (χ0n) is 6.84. The third-order valence-electron chi connectivity index (χ3n) is 1.32. The molecule has 4 N–H and O–H groups in total. The Hall–Kier alpha value is -0.190. The summed E-state index contributed by atoms with van der Waals surface area (Å²) in [5, 5.41) is 1.14. The molecular weight excluding hydrogens is 227 g/mol. The first kappa shape index (κ1) is 12.8. The van der Waals surface area contributed by atoms with Gasteiger partial charge >= 0.3 is 5.11 Å². The Morgan fingerprint density at radius 2 is 1.77 bits per heavy atom. The monoisotopic (exact) mass is 236 g/mol. The van der Waals surface area contributed by atoms with E-state index in [0.29, 0.717) is 5.11 Å². The van der Waals surface area contributed by atoms with Crippen LogP contribution in [0.3, 0.4) is 0 Å². The molecule has 2 nitrogen and oxygen atoms in total. The Balaban J connectivity index is 0.00000144. The lowest BCUT2D eigenvalue weighted by molar-refractivity contribution is -0.00000255. The first-order valence-electron chi connectivity index (χ1n) is 3.43. The van der Waals surface area contributed by atoms with Gasteiger partial charge in [0, 0.05) is 10.6 Å². The largest absolute Gasteiger partial charge is 1.00 e. The van der Waals surface area contributed by atoms with Gasteiger partial charge in [0.05, 0.1) is 0 Å². The number of hydrogen-bond donors (Lipinski definition) is 2. The smallest absolute Gasteiger partial charge is 0.315 e. The second-order valence-corrected chi connectivity index (χ2v) is 3.80. The van der Waals surface area contributed by atoms with Gasteiger partial charge in [0.25, 0.3) is 0 Å². The molecule has 0 radical (unpaired) electrons. The van der Waals surface area contributed by atoms with Crippen molar-refractivity contribution in [3.63, 3.8) is 0 Å². The van der Waals surface area contributed by atoms with E-state index in [0.717, 1.165) is 16.3 Å². The summed E-state index contributed by atoms with van der Waals surface area (Å²) in [6, 6.07) is 7.62. The molecule has 0 spiro atoms. The van der Waals surface area contributed by atoms with Crippen LogP contribution >= 0.6 is 11.6 Å². The molecule has 0 atom stereocenters. The Morgan fingerprint density at radius 3 is 2.23 bits per heavy atom. The van der Waals surface area contributed by atoms with Gasteiger partial charge in [-0.15, -0.1) is 0 Å². The number of hydrogen-bond acceptors (Lipinski definition) is 0. The molecular formula is C8H10Cl2N2S. The average molecular weight is 237 g/mol. The molecule has 1 aromatic carbocycles. The maximum atomic E-state index is 5.71. The number of halogens is 2. The molecule has 0 saturated carbocycles. The van der Waals surface area contributed by atoms with Crippen molar-refractivity contribution < 1.29 is 12.4 Å². The van der Waals surface area contributed by atoms with Crippen molar-refractivity contribution in [2.75, 3.05) is 0 Å². The first-order chi connectivity index (χ1) is 5.68. The van der Waals surface area contributed by atoms with Gasteiger partial charge in [-0.05, 0) is 12.1 Å². The van der Waals surface area contributed by atoms with Gasteiger partial charge in [-0.1, -0.05) is 23.7 Å². The highest BCUT2D eigenvalue weighted by Crippen LogP contribution is 2.09. The van der Waals surface area contributed by atoms with Crippen LogP contribution in [0.2, 0.25) is 5.02 Å². The van der Waals surface area contributed by atoms with Gasteiger partial charge in [0.15, 0.2) is 0 Å². The van der Waals surface area contributed by atoms with Gasteiger partial charge < -0.3 is 12.4 Å². The van der Waals surface area contributed by atoms with Crippen LogP contribution in [0.1, 0.15) is 5.56 Å². The standard InChI is InChI=1S/C8H10ClN2S.ClH/c9-7-3-1-6(2-4-7)5-12-8(10)11;/h1-4H,5,10-11H2;1H/q+1;/p-1. The average Bonchev–Trinajstić information content (AvgIpc) is 2.03. The Labute approximate surface area is 92.6 Å². The highest BCUT2D eigenvalue weighted by Gasteiger charge is 2.01. The molecule has 72 valence electrons. The minimum absolute atomic E-state index is 0. The van der Waals surface area contributed by atoms with Crippen LogP contribution in [0.25, 0.3) is 0 Å². The van der Waals surface area contributed by atoms with Crippen molar-refractivity contribution >= 4 is 28.1 Å². The van der Waals surface area contributed by atoms with Crippen molar-refractivity contribution in [1.82, 2.24) is 0 Å². The molecule has 0 aromatic heterocycles. The maximum Gasteiger partial charge on any atom is 0.315 e. The van der Waals surface area contributed by atoms with Crippen molar-refractivity contribution in [2.45, 2.75) is 5.75 Å². The predicted octanol–water partition coefficient (Wildman–Crippen LogP) is -2.07. The highest BCUT2D eigenvalue weighted by atomic mass is 35.5. The van der Waals surface area contributed by atoms with Crippen LogP contribution < -0.4 is 23.9 Å². The maximum absolute atomic E-state index is 5.71. The van der Waals surface area contributed by atoms with Crippen molar-refractivity contribution in [1.29, 1.82) is 0 Å². The fraction of sp³-hybridized carbons (Fsp3) is 0.125. The van der Waals surface area contributed by atoms with Crippen LogP contribution in [-0.4, -0.2) is 5.11 Å². The van der Waals surface area contributed by atoms with E-state index in [1.807, 2.05) is 24.3 Å². The van der Waals surface area contributed by atoms with Gasteiger partial charge in [-0.3, -0.25) is 0 Å². The molecule has 0 fully saturated rings. The molecule has 0 aliphatic rings. The van der Waals surface area contributed by atoms with Crippen LogP contribution in [-0.2, 0) is 17.1 Å². The van der Waals surface area contributed by atoms with E-state index in [9.17, 15) is 0 Å². The first-order valence-corrected chi connectivity index (χ1v) is 4.80. The molecule has 5 heteroatoms. The molecule has 0 bridgehead atoms.